The Hall–Kier alpha value is -1.14. The van der Waals surface area contributed by atoms with Gasteiger partial charge in [-0.15, -0.1) is 0 Å². The number of piperazine rings is 1. The van der Waals surface area contributed by atoms with E-state index in [0.717, 1.165) is 65.2 Å². The van der Waals surface area contributed by atoms with E-state index in [1.165, 1.54) is 0 Å². The van der Waals surface area contributed by atoms with Crippen molar-refractivity contribution < 1.29 is 9.59 Å². The standard InChI is InChI=1S/C17H32N4O2/c1-4-18(5-2)14-16(22)20-12-10-19(11-13-20)15(3)17(23)21-8-6-7-9-21/h15H,4-14H2,1-3H3. The number of hydrogen-bond acceptors (Lipinski definition) is 4. The van der Waals surface area contributed by atoms with Crippen molar-refractivity contribution >= 4 is 11.8 Å². The lowest BCUT2D eigenvalue weighted by molar-refractivity contribution is -0.138. The lowest BCUT2D eigenvalue weighted by Crippen LogP contribution is -2.56. The highest BCUT2D eigenvalue weighted by atomic mass is 16.2. The average Bonchev–Trinajstić information content (AvgIpc) is 3.12. The fraction of sp³-hybridized carbons (Fsp3) is 0.882. The third-order valence-corrected chi connectivity index (χ3v) is 5.24. The van der Waals surface area contributed by atoms with Gasteiger partial charge in [-0.2, -0.15) is 0 Å². The van der Waals surface area contributed by atoms with Crippen LogP contribution in [-0.4, -0.2) is 96.4 Å². The summed E-state index contributed by atoms with van der Waals surface area (Å²) in [6.45, 7) is 13.4. The third-order valence-electron chi connectivity index (χ3n) is 5.24. The molecule has 2 aliphatic heterocycles. The first-order valence-electron chi connectivity index (χ1n) is 9.09. The van der Waals surface area contributed by atoms with Gasteiger partial charge in [-0.05, 0) is 32.9 Å². The van der Waals surface area contributed by atoms with E-state index < -0.39 is 0 Å². The van der Waals surface area contributed by atoms with Crippen LogP contribution in [0.4, 0.5) is 0 Å². The van der Waals surface area contributed by atoms with Gasteiger partial charge in [-0.25, -0.2) is 0 Å². The molecule has 0 aromatic carbocycles. The second kappa shape index (κ2) is 8.64. The molecule has 6 nitrogen and oxygen atoms in total. The molecule has 23 heavy (non-hydrogen) atoms. The second-order valence-corrected chi connectivity index (χ2v) is 6.59. The molecule has 0 radical (unpaired) electrons. The topological polar surface area (TPSA) is 47.1 Å². The summed E-state index contributed by atoms with van der Waals surface area (Å²) in [5, 5.41) is 0. The Kier molecular flexibility index (Phi) is 6.84. The lowest BCUT2D eigenvalue weighted by Gasteiger charge is -2.39. The van der Waals surface area contributed by atoms with Gasteiger partial charge in [0.25, 0.3) is 0 Å². The van der Waals surface area contributed by atoms with Gasteiger partial charge in [0.2, 0.25) is 11.8 Å². The zero-order valence-electron chi connectivity index (χ0n) is 15.0. The molecule has 6 heteroatoms. The summed E-state index contributed by atoms with van der Waals surface area (Å²) in [6, 6.07) is -0.0619. The third kappa shape index (κ3) is 4.67. The molecular formula is C17H32N4O2. The summed E-state index contributed by atoms with van der Waals surface area (Å²) in [5.41, 5.74) is 0. The maximum absolute atomic E-state index is 12.5. The van der Waals surface area contributed by atoms with Gasteiger partial charge in [-0.1, -0.05) is 13.8 Å². The molecule has 0 aromatic heterocycles. The van der Waals surface area contributed by atoms with Crippen molar-refractivity contribution in [1.29, 1.82) is 0 Å². The predicted molar refractivity (Wildman–Crippen MR) is 91.2 cm³/mol. The van der Waals surface area contributed by atoms with Crippen molar-refractivity contribution in [3.05, 3.63) is 0 Å². The zero-order chi connectivity index (χ0) is 16.8. The summed E-state index contributed by atoms with van der Waals surface area (Å²) in [7, 11) is 0. The summed E-state index contributed by atoms with van der Waals surface area (Å²) in [6.07, 6.45) is 2.26. The molecule has 2 amide bonds. The Morgan fingerprint density at radius 2 is 1.48 bits per heavy atom. The van der Waals surface area contributed by atoms with Crippen LogP contribution >= 0.6 is 0 Å². The first-order chi connectivity index (χ1) is 11.1. The summed E-state index contributed by atoms with van der Waals surface area (Å²) in [4.78, 5) is 33.1. The van der Waals surface area contributed by atoms with Gasteiger partial charge >= 0.3 is 0 Å². The van der Waals surface area contributed by atoms with E-state index in [0.29, 0.717) is 6.54 Å². The molecule has 0 N–H and O–H groups in total. The van der Waals surface area contributed by atoms with Crippen molar-refractivity contribution in [2.45, 2.75) is 39.7 Å². The monoisotopic (exact) mass is 324 g/mol. The van der Waals surface area contributed by atoms with E-state index in [1.54, 1.807) is 0 Å². The molecule has 1 atom stereocenters. The Morgan fingerprint density at radius 3 is 2.00 bits per heavy atom. The normalized spacial score (nSPS) is 21.0. The molecule has 2 rings (SSSR count). The largest absolute Gasteiger partial charge is 0.341 e. The minimum absolute atomic E-state index is 0.0619. The lowest BCUT2D eigenvalue weighted by atomic mass is 10.2. The van der Waals surface area contributed by atoms with Crippen LogP contribution < -0.4 is 0 Å². The predicted octanol–water partition coefficient (Wildman–Crippen LogP) is 0.483. The van der Waals surface area contributed by atoms with Crippen molar-refractivity contribution in [2.24, 2.45) is 0 Å². The molecular weight excluding hydrogens is 292 g/mol. The number of carbonyl (C=O) groups excluding carboxylic acids is 2. The molecule has 0 spiro atoms. The first-order valence-corrected chi connectivity index (χ1v) is 9.09. The number of likely N-dealkylation sites (tertiary alicyclic amines) is 1. The van der Waals surface area contributed by atoms with Crippen molar-refractivity contribution in [2.75, 3.05) is 58.9 Å². The van der Waals surface area contributed by atoms with Gasteiger partial charge in [0.1, 0.15) is 0 Å². The molecule has 0 saturated carbocycles. The minimum Gasteiger partial charge on any atom is -0.341 e. The maximum atomic E-state index is 12.5. The number of amides is 2. The number of hydrogen-bond donors (Lipinski definition) is 0. The van der Waals surface area contributed by atoms with Gasteiger partial charge in [0.15, 0.2) is 0 Å². The highest BCUT2D eigenvalue weighted by molar-refractivity contribution is 5.82. The smallest absolute Gasteiger partial charge is 0.239 e. The van der Waals surface area contributed by atoms with E-state index in [9.17, 15) is 9.59 Å². The van der Waals surface area contributed by atoms with E-state index >= 15 is 0 Å². The fourth-order valence-electron chi connectivity index (χ4n) is 3.46. The van der Waals surface area contributed by atoms with Crippen LogP contribution in [0.15, 0.2) is 0 Å². The molecule has 2 fully saturated rings. The quantitative estimate of drug-likeness (QED) is 0.713. The Labute approximate surface area is 140 Å². The molecule has 1 unspecified atom stereocenters. The summed E-state index contributed by atoms with van der Waals surface area (Å²) >= 11 is 0. The van der Waals surface area contributed by atoms with E-state index in [2.05, 4.69) is 23.6 Å². The van der Waals surface area contributed by atoms with Gasteiger partial charge in [0.05, 0.1) is 12.6 Å². The molecule has 132 valence electrons. The SMILES string of the molecule is CCN(CC)CC(=O)N1CCN(C(C)C(=O)N2CCCC2)CC1. The van der Waals surface area contributed by atoms with E-state index in [1.807, 2.05) is 16.7 Å². The Balaban J connectivity index is 1.78. The number of nitrogens with zero attached hydrogens (tertiary/aromatic N) is 4. The molecule has 2 saturated heterocycles. The van der Waals surface area contributed by atoms with Crippen LogP contribution in [0.5, 0.6) is 0 Å². The average molecular weight is 324 g/mol. The minimum atomic E-state index is -0.0619. The molecule has 2 aliphatic rings. The molecule has 0 aliphatic carbocycles. The number of rotatable bonds is 6. The molecule has 0 aromatic rings. The van der Waals surface area contributed by atoms with Gasteiger partial charge in [0, 0.05) is 39.3 Å². The second-order valence-electron chi connectivity index (χ2n) is 6.59. The molecule has 2 heterocycles. The zero-order valence-corrected chi connectivity index (χ0v) is 15.0. The van der Waals surface area contributed by atoms with Crippen molar-refractivity contribution in [1.82, 2.24) is 19.6 Å². The van der Waals surface area contributed by atoms with Crippen LogP contribution in [0.25, 0.3) is 0 Å². The van der Waals surface area contributed by atoms with Crippen LogP contribution in [0.3, 0.4) is 0 Å². The fourth-order valence-corrected chi connectivity index (χ4v) is 3.46. The van der Waals surface area contributed by atoms with Crippen molar-refractivity contribution in [3.63, 3.8) is 0 Å². The van der Waals surface area contributed by atoms with Crippen molar-refractivity contribution in [3.8, 4) is 0 Å². The summed E-state index contributed by atoms with van der Waals surface area (Å²) < 4.78 is 0. The van der Waals surface area contributed by atoms with Crippen LogP contribution in [0, 0.1) is 0 Å². The first kappa shape index (κ1) is 18.2. The maximum Gasteiger partial charge on any atom is 0.239 e. The number of likely N-dealkylation sites (N-methyl/N-ethyl adjacent to an activating group) is 1. The van der Waals surface area contributed by atoms with Gasteiger partial charge < -0.3 is 9.80 Å². The van der Waals surface area contributed by atoms with Crippen LogP contribution in [-0.2, 0) is 9.59 Å². The van der Waals surface area contributed by atoms with Crippen LogP contribution in [0.1, 0.15) is 33.6 Å². The molecule has 0 bridgehead atoms. The van der Waals surface area contributed by atoms with Crippen LogP contribution in [0.2, 0.25) is 0 Å². The highest BCUT2D eigenvalue weighted by Gasteiger charge is 2.31. The number of carbonyl (C=O) groups is 2. The summed E-state index contributed by atoms with van der Waals surface area (Å²) in [5.74, 6) is 0.470. The van der Waals surface area contributed by atoms with E-state index in [-0.39, 0.29) is 17.9 Å². The Bertz CT molecular complexity index is 397. The Morgan fingerprint density at radius 1 is 0.913 bits per heavy atom. The highest BCUT2D eigenvalue weighted by Crippen LogP contribution is 2.14. The van der Waals surface area contributed by atoms with E-state index in [4.69, 9.17) is 0 Å². The van der Waals surface area contributed by atoms with Gasteiger partial charge in [-0.3, -0.25) is 19.4 Å².